The molecule has 0 saturated carbocycles. The van der Waals surface area contributed by atoms with Crippen molar-refractivity contribution in [2.24, 2.45) is 0 Å². The maximum atomic E-state index is 11.6. The van der Waals surface area contributed by atoms with Gasteiger partial charge in [0.2, 0.25) is 0 Å². The molecule has 0 fully saturated rings. The number of amides is 1. The number of aromatic nitrogens is 2. The molecule has 0 bridgehead atoms. The average molecular weight is 264 g/mol. The van der Waals surface area contributed by atoms with Crippen LogP contribution in [-0.4, -0.2) is 22.7 Å². The van der Waals surface area contributed by atoms with Crippen molar-refractivity contribution in [3.63, 3.8) is 0 Å². The zero-order chi connectivity index (χ0) is 13.3. The summed E-state index contributed by atoms with van der Waals surface area (Å²) in [5.74, 6) is -0.121. The highest BCUT2D eigenvalue weighted by atomic mass is 35.5. The van der Waals surface area contributed by atoms with Crippen LogP contribution in [0.15, 0.2) is 24.3 Å². The summed E-state index contributed by atoms with van der Waals surface area (Å²) in [6.07, 6.45) is 0. The molecule has 0 aliphatic rings. The summed E-state index contributed by atoms with van der Waals surface area (Å²) in [5, 5.41) is 7.61. The maximum Gasteiger partial charge on any atom is 0.251 e. The summed E-state index contributed by atoms with van der Waals surface area (Å²) in [6.45, 7) is 3.75. The van der Waals surface area contributed by atoms with Crippen molar-refractivity contribution >= 4 is 17.5 Å². The fourth-order valence-electron chi connectivity index (χ4n) is 1.80. The van der Waals surface area contributed by atoms with Crippen LogP contribution in [-0.2, 0) is 0 Å². The molecule has 1 N–H and O–H groups in total. The third kappa shape index (κ3) is 2.11. The summed E-state index contributed by atoms with van der Waals surface area (Å²) in [7, 11) is 1.61. The molecule has 0 aliphatic carbocycles. The van der Waals surface area contributed by atoms with Gasteiger partial charge in [0.05, 0.1) is 22.1 Å². The zero-order valence-electron chi connectivity index (χ0n) is 10.5. The van der Waals surface area contributed by atoms with Crippen LogP contribution in [0.3, 0.4) is 0 Å². The molecule has 0 aliphatic heterocycles. The van der Waals surface area contributed by atoms with E-state index in [-0.39, 0.29) is 5.91 Å². The minimum atomic E-state index is -0.121. The van der Waals surface area contributed by atoms with Crippen molar-refractivity contribution in [3.05, 3.63) is 46.2 Å². The van der Waals surface area contributed by atoms with E-state index in [1.54, 1.807) is 23.9 Å². The Morgan fingerprint density at radius 2 is 2.11 bits per heavy atom. The third-order valence-electron chi connectivity index (χ3n) is 2.78. The number of halogens is 1. The Morgan fingerprint density at radius 1 is 1.39 bits per heavy atom. The van der Waals surface area contributed by atoms with E-state index in [9.17, 15) is 4.79 Å². The van der Waals surface area contributed by atoms with Gasteiger partial charge in [0.25, 0.3) is 5.91 Å². The highest BCUT2D eigenvalue weighted by molar-refractivity contribution is 6.31. The second kappa shape index (κ2) is 4.82. The van der Waals surface area contributed by atoms with Gasteiger partial charge >= 0.3 is 0 Å². The van der Waals surface area contributed by atoms with Gasteiger partial charge in [-0.2, -0.15) is 5.10 Å². The molecule has 1 amide bonds. The minimum absolute atomic E-state index is 0.121. The highest BCUT2D eigenvalue weighted by Gasteiger charge is 2.12. The smallest absolute Gasteiger partial charge is 0.251 e. The molecule has 1 aromatic heterocycles. The molecule has 2 aromatic rings. The van der Waals surface area contributed by atoms with Crippen LogP contribution < -0.4 is 5.32 Å². The van der Waals surface area contributed by atoms with E-state index in [2.05, 4.69) is 10.4 Å². The number of carbonyl (C=O) groups is 1. The molecule has 4 nitrogen and oxygen atoms in total. The summed E-state index contributed by atoms with van der Waals surface area (Å²) in [6, 6.07) is 7.26. The number of nitrogens with one attached hydrogen (secondary N) is 1. The molecule has 0 radical (unpaired) electrons. The molecule has 0 atom stereocenters. The first-order valence-corrected chi connectivity index (χ1v) is 5.96. The summed E-state index contributed by atoms with van der Waals surface area (Å²) in [5.41, 5.74) is 3.06. The first-order valence-electron chi connectivity index (χ1n) is 5.59. The standard InChI is InChI=1S/C13H14ClN3O/c1-8-12(14)9(2)17(16-8)11-6-4-5-10(7-11)13(18)15-3/h4-7H,1-3H3,(H,15,18). The van der Waals surface area contributed by atoms with Crippen molar-refractivity contribution in [1.29, 1.82) is 0 Å². The van der Waals surface area contributed by atoms with Crippen LogP contribution in [0.25, 0.3) is 5.69 Å². The average Bonchev–Trinajstić information content (AvgIpc) is 2.66. The van der Waals surface area contributed by atoms with Gasteiger partial charge < -0.3 is 5.32 Å². The van der Waals surface area contributed by atoms with Gasteiger partial charge in [0.15, 0.2) is 0 Å². The molecule has 1 heterocycles. The van der Waals surface area contributed by atoms with Crippen LogP contribution in [0.5, 0.6) is 0 Å². The quantitative estimate of drug-likeness (QED) is 0.905. The number of nitrogens with zero attached hydrogens (tertiary/aromatic N) is 2. The van der Waals surface area contributed by atoms with Crippen LogP contribution in [0.1, 0.15) is 21.7 Å². The van der Waals surface area contributed by atoms with Gasteiger partial charge in [-0.15, -0.1) is 0 Å². The Labute approximate surface area is 111 Å². The number of benzene rings is 1. The van der Waals surface area contributed by atoms with Gasteiger partial charge in [-0.1, -0.05) is 17.7 Å². The lowest BCUT2D eigenvalue weighted by Gasteiger charge is -2.06. The van der Waals surface area contributed by atoms with Crippen molar-refractivity contribution in [2.45, 2.75) is 13.8 Å². The minimum Gasteiger partial charge on any atom is -0.355 e. The van der Waals surface area contributed by atoms with E-state index in [0.29, 0.717) is 10.6 Å². The van der Waals surface area contributed by atoms with E-state index in [0.717, 1.165) is 17.1 Å². The molecule has 94 valence electrons. The van der Waals surface area contributed by atoms with Gasteiger partial charge in [0.1, 0.15) is 0 Å². The van der Waals surface area contributed by atoms with Crippen molar-refractivity contribution in [1.82, 2.24) is 15.1 Å². The fourth-order valence-corrected chi connectivity index (χ4v) is 1.92. The normalized spacial score (nSPS) is 10.4. The summed E-state index contributed by atoms with van der Waals surface area (Å²) < 4.78 is 1.74. The molecular formula is C13H14ClN3O. The van der Waals surface area contributed by atoms with Gasteiger partial charge in [-0.05, 0) is 32.0 Å². The van der Waals surface area contributed by atoms with E-state index < -0.39 is 0 Å². The zero-order valence-corrected chi connectivity index (χ0v) is 11.2. The number of aryl methyl sites for hydroxylation is 1. The predicted molar refractivity (Wildman–Crippen MR) is 71.4 cm³/mol. The van der Waals surface area contributed by atoms with Gasteiger partial charge in [-0.3, -0.25) is 4.79 Å². The number of carbonyl (C=O) groups excluding carboxylic acids is 1. The third-order valence-corrected chi connectivity index (χ3v) is 3.33. The predicted octanol–water partition coefficient (Wildman–Crippen LogP) is 2.50. The van der Waals surface area contributed by atoms with E-state index in [4.69, 9.17) is 11.6 Å². The molecule has 0 unspecified atom stereocenters. The van der Waals surface area contributed by atoms with Crippen molar-refractivity contribution in [2.75, 3.05) is 7.05 Å². The Kier molecular flexibility index (Phi) is 3.39. The first kappa shape index (κ1) is 12.6. The molecular weight excluding hydrogens is 250 g/mol. The molecule has 0 spiro atoms. The van der Waals surface area contributed by atoms with E-state index in [1.807, 2.05) is 26.0 Å². The molecule has 1 aromatic carbocycles. The van der Waals surface area contributed by atoms with Crippen LogP contribution in [0.2, 0.25) is 5.02 Å². The maximum absolute atomic E-state index is 11.6. The van der Waals surface area contributed by atoms with Crippen LogP contribution in [0, 0.1) is 13.8 Å². The van der Waals surface area contributed by atoms with Gasteiger partial charge in [0, 0.05) is 12.6 Å². The van der Waals surface area contributed by atoms with E-state index >= 15 is 0 Å². The topological polar surface area (TPSA) is 46.9 Å². The Morgan fingerprint density at radius 3 is 2.67 bits per heavy atom. The first-order chi connectivity index (χ1) is 8.54. The molecule has 2 rings (SSSR count). The van der Waals surface area contributed by atoms with E-state index in [1.165, 1.54) is 0 Å². The van der Waals surface area contributed by atoms with Crippen molar-refractivity contribution in [3.8, 4) is 5.69 Å². The number of hydrogen-bond acceptors (Lipinski definition) is 2. The molecule has 18 heavy (non-hydrogen) atoms. The monoisotopic (exact) mass is 263 g/mol. The Balaban J connectivity index is 2.51. The van der Waals surface area contributed by atoms with Gasteiger partial charge in [-0.25, -0.2) is 4.68 Å². The van der Waals surface area contributed by atoms with Crippen LogP contribution in [0.4, 0.5) is 0 Å². The molecule has 0 saturated heterocycles. The lowest BCUT2D eigenvalue weighted by molar-refractivity contribution is 0.0963. The lowest BCUT2D eigenvalue weighted by atomic mass is 10.2. The second-order valence-electron chi connectivity index (χ2n) is 4.03. The summed E-state index contributed by atoms with van der Waals surface area (Å²) in [4.78, 5) is 11.6. The largest absolute Gasteiger partial charge is 0.355 e. The lowest BCUT2D eigenvalue weighted by Crippen LogP contribution is -2.18. The highest BCUT2D eigenvalue weighted by Crippen LogP contribution is 2.22. The molecule has 5 heteroatoms. The number of hydrogen-bond donors (Lipinski definition) is 1. The second-order valence-corrected chi connectivity index (χ2v) is 4.40. The summed E-state index contributed by atoms with van der Waals surface area (Å²) >= 11 is 6.12. The van der Waals surface area contributed by atoms with Crippen LogP contribution >= 0.6 is 11.6 Å². The number of rotatable bonds is 2. The fraction of sp³-hybridized carbons (Fsp3) is 0.231. The Hall–Kier alpha value is -1.81. The van der Waals surface area contributed by atoms with Crippen molar-refractivity contribution < 1.29 is 4.79 Å². The SMILES string of the molecule is CNC(=O)c1cccc(-n2nc(C)c(Cl)c2C)c1. The Bertz CT molecular complexity index is 604.